The van der Waals surface area contributed by atoms with Crippen LogP contribution in [0, 0.1) is 5.92 Å². The van der Waals surface area contributed by atoms with Crippen molar-refractivity contribution < 1.29 is 0 Å². The number of allylic oxidation sites excluding steroid dienone is 2. The van der Waals surface area contributed by atoms with E-state index in [0.29, 0.717) is 0 Å². The molecule has 2 aromatic rings. The van der Waals surface area contributed by atoms with Gasteiger partial charge in [-0.3, -0.25) is 0 Å². The summed E-state index contributed by atoms with van der Waals surface area (Å²) in [7, 11) is 0. The van der Waals surface area contributed by atoms with Gasteiger partial charge in [0, 0.05) is 0 Å². The highest BCUT2D eigenvalue weighted by atomic mass is 15.3. The van der Waals surface area contributed by atoms with Crippen LogP contribution in [-0.4, -0.2) is 15.4 Å². The first-order chi connectivity index (χ1) is 7.75. The van der Waals surface area contributed by atoms with Crippen LogP contribution in [0.3, 0.4) is 0 Å². The van der Waals surface area contributed by atoms with Gasteiger partial charge in [0.05, 0.1) is 0 Å². The second-order valence-electron chi connectivity index (χ2n) is 4.61. The Morgan fingerprint density at radius 2 is 1.94 bits per heavy atom. The standard InChI is InChI=1S/C13H15N3/c1-8(10-3-4-10)9(2)11-5-6-12-13(7-11)15-16-14-12/h5-7,10H,3-4H2,1-2H3,(H,14,15,16)/b9-8-. The lowest BCUT2D eigenvalue weighted by molar-refractivity contribution is 0.959. The van der Waals surface area contributed by atoms with Crippen molar-refractivity contribution in [2.24, 2.45) is 5.92 Å². The van der Waals surface area contributed by atoms with Crippen LogP contribution >= 0.6 is 0 Å². The number of H-pyrrole nitrogens is 1. The van der Waals surface area contributed by atoms with E-state index >= 15 is 0 Å². The van der Waals surface area contributed by atoms with Crippen molar-refractivity contribution in [2.45, 2.75) is 26.7 Å². The SMILES string of the molecule is C/C(=C(\C)C1CC1)c1ccc2n[nH]nc2c1. The molecular weight excluding hydrogens is 198 g/mol. The molecule has 1 fully saturated rings. The van der Waals surface area contributed by atoms with Gasteiger partial charge in [0.25, 0.3) is 0 Å². The number of rotatable bonds is 2. The molecule has 1 heterocycles. The maximum atomic E-state index is 4.12. The van der Waals surface area contributed by atoms with Crippen LogP contribution in [0.1, 0.15) is 32.3 Å². The summed E-state index contributed by atoms with van der Waals surface area (Å²) in [5, 5.41) is 10.8. The third-order valence-corrected chi connectivity index (χ3v) is 3.53. The number of aromatic amines is 1. The summed E-state index contributed by atoms with van der Waals surface area (Å²) in [6.07, 6.45) is 2.71. The van der Waals surface area contributed by atoms with Gasteiger partial charge in [0.15, 0.2) is 0 Å². The van der Waals surface area contributed by atoms with E-state index in [9.17, 15) is 0 Å². The minimum absolute atomic E-state index is 0.827. The van der Waals surface area contributed by atoms with E-state index in [-0.39, 0.29) is 0 Å². The van der Waals surface area contributed by atoms with Crippen molar-refractivity contribution in [1.29, 1.82) is 0 Å². The number of benzene rings is 1. The van der Waals surface area contributed by atoms with E-state index in [1.165, 1.54) is 29.6 Å². The van der Waals surface area contributed by atoms with Crippen LogP contribution in [0.2, 0.25) is 0 Å². The third-order valence-electron chi connectivity index (χ3n) is 3.53. The largest absolute Gasteiger partial charge is 0.197 e. The van der Waals surface area contributed by atoms with Crippen LogP contribution in [0.15, 0.2) is 23.8 Å². The number of nitrogens with one attached hydrogen (secondary N) is 1. The molecule has 0 spiro atoms. The predicted octanol–water partition coefficient (Wildman–Crippen LogP) is 3.16. The Morgan fingerprint density at radius 3 is 2.69 bits per heavy atom. The van der Waals surface area contributed by atoms with Crippen LogP contribution in [-0.2, 0) is 0 Å². The number of aromatic nitrogens is 3. The molecule has 1 aliphatic carbocycles. The molecule has 3 heteroatoms. The quantitative estimate of drug-likeness (QED) is 0.832. The summed E-state index contributed by atoms with van der Waals surface area (Å²) in [4.78, 5) is 0. The molecule has 0 radical (unpaired) electrons. The lowest BCUT2D eigenvalue weighted by atomic mass is 9.99. The zero-order valence-corrected chi connectivity index (χ0v) is 9.62. The van der Waals surface area contributed by atoms with Gasteiger partial charge in [0.2, 0.25) is 0 Å². The second-order valence-corrected chi connectivity index (χ2v) is 4.61. The zero-order valence-electron chi connectivity index (χ0n) is 9.62. The first-order valence-corrected chi connectivity index (χ1v) is 5.74. The van der Waals surface area contributed by atoms with Gasteiger partial charge in [-0.05, 0) is 55.9 Å². The Hall–Kier alpha value is -1.64. The highest BCUT2D eigenvalue weighted by molar-refractivity contribution is 5.80. The van der Waals surface area contributed by atoms with Crippen molar-refractivity contribution in [3.63, 3.8) is 0 Å². The monoisotopic (exact) mass is 213 g/mol. The van der Waals surface area contributed by atoms with E-state index in [2.05, 4.69) is 41.4 Å². The average Bonchev–Trinajstić information content (AvgIpc) is 3.05. The summed E-state index contributed by atoms with van der Waals surface area (Å²) in [5.74, 6) is 0.827. The van der Waals surface area contributed by atoms with Gasteiger partial charge in [-0.25, -0.2) is 0 Å². The summed E-state index contributed by atoms with van der Waals surface area (Å²) in [6.45, 7) is 4.45. The van der Waals surface area contributed by atoms with Gasteiger partial charge in [-0.2, -0.15) is 15.4 Å². The topological polar surface area (TPSA) is 41.6 Å². The van der Waals surface area contributed by atoms with E-state index in [1.807, 2.05) is 6.07 Å². The molecule has 0 atom stereocenters. The van der Waals surface area contributed by atoms with Gasteiger partial charge < -0.3 is 0 Å². The molecule has 1 saturated carbocycles. The smallest absolute Gasteiger partial charge is 0.113 e. The second kappa shape index (κ2) is 3.44. The summed E-state index contributed by atoms with van der Waals surface area (Å²) in [6, 6.07) is 6.27. The van der Waals surface area contributed by atoms with Crippen molar-refractivity contribution in [1.82, 2.24) is 15.4 Å². The first-order valence-electron chi connectivity index (χ1n) is 5.74. The Morgan fingerprint density at radius 1 is 1.19 bits per heavy atom. The number of fused-ring (bicyclic) bond motifs is 1. The van der Waals surface area contributed by atoms with E-state index in [0.717, 1.165) is 17.0 Å². The fourth-order valence-corrected chi connectivity index (χ4v) is 2.12. The molecule has 0 saturated heterocycles. The zero-order chi connectivity index (χ0) is 11.1. The maximum absolute atomic E-state index is 4.12. The minimum atomic E-state index is 0.827. The molecule has 1 aromatic heterocycles. The summed E-state index contributed by atoms with van der Waals surface area (Å²) in [5.41, 5.74) is 6.07. The molecule has 82 valence electrons. The van der Waals surface area contributed by atoms with Gasteiger partial charge in [-0.1, -0.05) is 11.6 Å². The predicted molar refractivity (Wildman–Crippen MR) is 64.9 cm³/mol. The van der Waals surface area contributed by atoms with Crippen molar-refractivity contribution in [3.8, 4) is 0 Å². The fraction of sp³-hybridized carbons (Fsp3) is 0.385. The van der Waals surface area contributed by atoms with Crippen LogP contribution < -0.4 is 0 Å². The summed E-state index contributed by atoms with van der Waals surface area (Å²) >= 11 is 0. The Bertz CT molecular complexity index is 561. The van der Waals surface area contributed by atoms with E-state index < -0.39 is 0 Å². The molecule has 3 rings (SSSR count). The first kappa shape index (κ1) is 9.58. The highest BCUT2D eigenvalue weighted by Gasteiger charge is 2.24. The molecule has 0 bridgehead atoms. The molecular formula is C13H15N3. The molecule has 3 nitrogen and oxygen atoms in total. The minimum Gasteiger partial charge on any atom is -0.197 e. The number of hydrogen-bond acceptors (Lipinski definition) is 2. The molecule has 1 aromatic carbocycles. The lowest BCUT2D eigenvalue weighted by Gasteiger charge is -2.06. The maximum Gasteiger partial charge on any atom is 0.113 e. The average molecular weight is 213 g/mol. The number of nitrogens with zero attached hydrogens (tertiary/aromatic N) is 2. The van der Waals surface area contributed by atoms with Gasteiger partial charge >= 0.3 is 0 Å². The Kier molecular flexibility index (Phi) is 2.06. The molecule has 1 N–H and O–H groups in total. The fourth-order valence-electron chi connectivity index (χ4n) is 2.12. The summed E-state index contributed by atoms with van der Waals surface area (Å²) < 4.78 is 0. The van der Waals surface area contributed by atoms with Crippen molar-refractivity contribution in [2.75, 3.05) is 0 Å². The van der Waals surface area contributed by atoms with Gasteiger partial charge in [-0.15, -0.1) is 0 Å². The molecule has 1 aliphatic rings. The van der Waals surface area contributed by atoms with Crippen LogP contribution in [0.25, 0.3) is 16.6 Å². The molecule has 0 aliphatic heterocycles. The number of hydrogen-bond donors (Lipinski definition) is 1. The van der Waals surface area contributed by atoms with Crippen LogP contribution in [0.5, 0.6) is 0 Å². The normalized spacial score (nSPS) is 17.6. The Balaban J connectivity index is 2.07. The molecule has 16 heavy (non-hydrogen) atoms. The van der Waals surface area contributed by atoms with Crippen molar-refractivity contribution >= 4 is 16.6 Å². The highest BCUT2D eigenvalue weighted by Crippen LogP contribution is 2.39. The van der Waals surface area contributed by atoms with Gasteiger partial charge in [0.1, 0.15) is 11.0 Å². The van der Waals surface area contributed by atoms with E-state index in [1.54, 1.807) is 0 Å². The Labute approximate surface area is 94.6 Å². The lowest BCUT2D eigenvalue weighted by Crippen LogP contribution is -1.87. The third kappa shape index (κ3) is 1.52. The van der Waals surface area contributed by atoms with E-state index in [4.69, 9.17) is 0 Å². The van der Waals surface area contributed by atoms with Crippen molar-refractivity contribution in [3.05, 3.63) is 29.3 Å². The van der Waals surface area contributed by atoms with Crippen LogP contribution in [0.4, 0.5) is 0 Å². The molecule has 0 unspecified atom stereocenters. The molecule has 0 amide bonds.